The van der Waals surface area contributed by atoms with Gasteiger partial charge in [-0.05, 0) is 12.8 Å². The van der Waals surface area contributed by atoms with E-state index in [1.54, 1.807) is 12.2 Å². The maximum atomic E-state index is 12.0. The maximum Gasteiger partial charge on any atom is 0.346 e. The van der Waals surface area contributed by atoms with E-state index in [1.807, 2.05) is 13.8 Å². The van der Waals surface area contributed by atoms with Crippen molar-refractivity contribution in [2.75, 3.05) is 13.2 Å². The summed E-state index contributed by atoms with van der Waals surface area (Å²) < 4.78 is 19.0. The van der Waals surface area contributed by atoms with Crippen LogP contribution in [0.5, 0.6) is 0 Å². The van der Waals surface area contributed by atoms with Gasteiger partial charge in [0.1, 0.15) is 13.2 Å². The van der Waals surface area contributed by atoms with E-state index in [0.717, 1.165) is 12.8 Å². The van der Waals surface area contributed by atoms with E-state index in [-0.39, 0.29) is 35.5 Å². The summed E-state index contributed by atoms with van der Waals surface area (Å²) in [7, 11) is 0. The van der Waals surface area contributed by atoms with Gasteiger partial charge in [0, 0.05) is 0 Å². The Labute approximate surface area is 196 Å². The highest BCUT2D eigenvalue weighted by Gasteiger charge is 2.34. The first-order chi connectivity index (χ1) is 16.3. The Kier molecular flexibility index (Phi) is 10.1. The van der Waals surface area contributed by atoms with Crippen LogP contribution in [0, 0.1) is 0 Å². The topological polar surface area (TPSA) is 139 Å². The van der Waals surface area contributed by atoms with Crippen LogP contribution in [-0.4, -0.2) is 49.0 Å². The number of carbonyl (C=O) groups is 6. The zero-order valence-electron chi connectivity index (χ0n) is 19.0. The van der Waals surface area contributed by atoms with Crippen LogP contribution in [0.1, 0.15) is 52.4 Å². The third-order valence-corrected chi connectivity index (χ3v) is 4.69. The molecular weight excluding hydrogens is 448 g/mol. The van der Waals surface area contributed by atoms with Crippen molar-refractivity contribution in [1.82, 2.24) is 0 Å². The number of unbranched alkanes of at least 4 members (excludes halogenated alkanes) is 2. The minimum atomic E-state index is -0.903. The summed E-state index contributed by atoms with van der Waals surface area (Å²) in [6.07, 6.45) is 8.41. The first kappa shape index (κ1) is 26.4. The molecule has 0 saturated heterocycles. The summed E-state index contributed by atoms with van der Waals surface area (Å²) in [4.78, 5) is 71.3. The molecule has 0 N–H and O–H groups in total. The van der Waals surface area contributed by atoms with E-state index in [9.17, 15) is 28.8 Å². The summed E-state index contributed by atoms with van der Waals surface area (Å²) in [6, 6.07) is 0. The molecule has 0 fully saturated rings. The highest BCUT2D eigenvalue weighted by molar-refractivity contribution is 6.16. The Morgan fingerprint density at radius 1 is 0.676 bits per heavy atom. The molecule has 0 unspecified atom stereocenters. The van der Waals surface area contributed by atoms with Gasteiger partial charge in [0.15, 0.2) is 0 Å². The molecule has 2 rings (SSSR count). The lowest BCUT2D eigenvalue weighted by Crippen LogP contribution is -2.16. The average molecular weight is 474 g/mol. The molecule has 0 radical (unpaired) electrons. The Morgan fingerprint density at radius 3 is 1.41 bits per heavy atom. The minimum Gasteiger partial charge on any atom is -0.462 e. The van der Waals surface area contributed by atoms with Crippen LogP contribution < -0.4 is 0 Å². The standard InChI is InChI=1S/C24H26O10/c1-3-5-7-9-15-17(23(29)33-21(15)27)13-19(25)31-11-12-32-20(26)14-18-16(10-8-6-4-2)22(28)34-24(18)30/h7-10H,3-6,11-14H2,1-2H3/b9-7+,10-8+. The molecule has 0 saturated carbocycles. The fourth-order valence-corrected chi connectivity index (χ4v) is 2.98. The number of esters is 6. The van der Waals surface area contributed by atoms with Gasteiger partial charge in [-0.2, -0.15) is 0 Å². The lowest BCUT2D eigenvalue weighted by Gasteiger charge is -2.06. The predicted molar refractivity (Wildman–Crippen MR) is 115 cm³/mol. The molecule has 0 bridgehead atoms. The van der Waals surface area contributed by atoms with Crippen molar-refractivity contribution in [1.29, 1.82) is 0 Å². The molecule has 2 aliphatic heterocycles. The van der Waals surface area contributed by atoms with Crippen LogP contribution in [0.15, 0.2) is 46.6 Å². The Bertz CT molecular complexity index is 913. The summed E-state index contributed by atoms with van der Waals surface area (Å²) in [5, 5.41) is 0. The minimum absolute atomic E-state index is 0.0110. The van der Waals surface area contributed by atoms with Gasteiger partial charge in [0.2, 0.25) is 0 Å². The van der Waals surface area contributed by atoms with Gasteiger partial charge in [-0.15, -0.1) is 0 Å². The van der Waals surface area contributed by atoms with E-state index in [1.165, 1.54) is 12.2 Å². The zero-order chi connectivity index (χ0) is 25.1. The van der Waals surface area contributed by atoms with Gasteiger partial charge in [0.25, 0.3) is 0 Å². The van der Waals surface area contributed by atoms with Gasteiger partial charge in [-0.1, -0.05) is 51.0 Å². The Morgan fingerprint density at radius 2 is 1.06 bits per heavy atom. The third kappa shape index (κ3) is 7.36. The molecule has 0 spiro atoms. The molecule has 0 atom stereocenters. The molecule has 2 heterocycles. The quantitative estimate of drug-likeness (QED) is 0.169. The van der Waals surface area contributed by atoms with Gasteiger partial charge >= 0.3 is 35.8 Å². The Balaban J connectivity index is 1.84. The third-order valence-electron chi connectivity index (χ3n) is 4.69. The molecule has 2 aliphatic rings. The maximum absolute atomic E-state index is 12.0. The lowest BCUT2D eigenvalue weighted by molar-refractivity contribution is -0.154. The number of hydrogen-bond donors (Lipinski definition) is 0. The van der Waals surface area contributed by atoms with Crippen molar-refractivity contribution in [3.63, 3.8) is 0 Å². The molecule has 10 heteroatoms. The van der Waals surface area contributed by atoms with Crippen LogP contribution in [0.25, 0.3) is 0 Å². The number of ether oxygens (including phenoxy) is 4. The van der Waals surface area contributed by atoms with E-state index in [4.69, 9.17) is 9.47 Å². The zero-order valence-corrected chi connectivity index (χ0v) is 19.0. The molecular formula is C24H26O10. The number of rotatable bonds is 13. The van der Waals surface area contributed by atoms with E-state index < -0.39 is 48.7 Å². The largest absolute Gasteiger partial charge is 0.462 e. The predicted octanol–water partition coefficient (Wildman–Crippen LogP) is 2.33. The second-order valence-electron chi connectivity index (χ2n) is 7.31. The molecule has 0 amide bonds. The van der Waals surface area contributed by atoms with Gasteiger partial charge in [-0.25, -0.2) is 19.2 Å². The molecule has 182 valence electrons. The summed E-state index contributed by atoms with van der Waals surface area (Å²) >= 11 is 0. The molecule has 0 aliphatic carbocycles. The monoisotopic (exact) mass is 474 g/mol. The van der Waals surface area contributed by atoms with Crippen LogP contribution >= 0.6 is 0 Å². The van der Waals surface area contributed by atoms with Crippen molar-refractivity contribution < 1.29 is 47.7 Å². The van der Waals surface area contributed by atoms with E-state index >= 15 is 0 Å². The number of allylic oxidation sites excluding steroid dienone is 2. The number of cyclic esters (lactones) is 4. The van der Waals surface area contributed by atoms with Crippen LogP contribution in [0.4, 0.5) is 0 Å². The summed E-state index contributed by atoms with van der Waals surface area (Å²) in [5.41, 5.74) is -0.174. The van der Waals surface area contributed by atoms with E-state index in [2.05, 4.69) is 9.47 Å². The first-order valence-electron chi connectivity index (χ1n) is 10.9. The number of hydrogen-bond acceptors (Lipinski definition) is 10. The van der Waals surface area contributed by atoms with Crippen LogP contribution in [0.3, 0.4) is 0 Å². The molecule has 0 aromatic carbocycles. The molecule has 10 nitrogen and oxygen atoms in total. The summed E-state index contributed by atoms with van der Waals surface area (Å²) in [6.45, 7) is 3.27. The van der Waals surface area contributed by atoms with Gasteiger partial charge < -0.3 is 18.9 Å². The SMILES string of the molecule is CCC/C=C/C1=C(CC(=O)OCCOC(=O)CC2=C(/C=C/CCC)C(=O)OC2=O)C(=O)OC1=O. The average Bonchev–Trinajstić information content (AvgIpc) is 3.20. The van der Waals surface area contributed by atoms with Crippen LogP contribution in [0.2, 0.25) is 0 Å². The molecule has 0 aromatic rings. The normalized spacial score (nSPS) is 16.2. The second kappa shape index (κ2) is 13.0. The van der Waals surface area contributed by atoms with Crippen molar-refractivity contribution >= 4 is 35.8 Å². The fourth-order valence-electron chi connectivity index (χ4n) is 2.98. The highest BCUT2D eigenvalue weighted by Crippen LogP contribution is 2.23. The second-order valence-corrected chi connectivity index (χ2v) is 7.31. The fraction of sp³-hybridized carbons (Fsp3) is 0.417. The van der Waals surface area contributed by atoms with Gasteiger partial charge in [0.05, 0.1) is 35.1 Å². The van der Waals surface area contributed by atoms with Crippen LogP contribution in [-0.2, 0) is 47.7 Å². The van der Waals surface area contributed by atoms with Crippen molar-refractivity contribution in [2.24, 2.45) is 0 Å². The van der Waals surface area contributed by atoms with Gasteiger partial charge in [-0.3, -0.25) is 9.59 Å². The van der Waals surface area contributed by atoms with Crippen molar-refractivity contribution in [3.8, 4) is 0 Å². The smallest absolute Gasteiger partial charge is 0.346 e. The lowest BCUT2D eigenvalue weighted by atomic mass is 10.1. The van der Waals surface area contributed by atoms with Crippen molar-refractivity contribution in [2.45, 2.75) is 52.4 Å². The van der Waals surface area contributed by atoms with Crippen molar-refractivity contribution in [3.05, 3.63) is 46.6 Å². The first-order valence-corrected chi connectivity index (χ1v) is 10.9. The molecule has 0 aromatic heterocycles. The van der Waals surface area contributed by atoms with E-state index in [0.29, 0.717) is 12.8 Å². The Hall–Kier alpha value is -3.82. The number of carbonyl (C=O) groups excluding carboxylic acids is 6. The summed E-state index contributed by atoms with van der Waals surface area (Å²) in [5.74, 6) is -5.07. The highest BCUT2D eigenvalue weighted by atomic mass is 16.6. The molecule has 34 heavy (non-hydrogen) atoms.